The molecular weight excluding hydrogens is 279 g/mol. The lowest BCUT2D eigenvalue weighted by molar-refractivity contribution is -0.152. The lowest BCUT2D eigenvalue weighted by atomic mass is 9.97. The van der Waals surface area contributed by atoms with Crippen LogP contribution in [0.5, 0.6) is 0 Å². The van der Waals surface area contributed by atoms with Crippen LogP contribution in [0.4, 0.5) is 0 Å². The fourth-order valence-electron chi connectivity index (χ4n) is 0.646. The topological polar surface area (TPSA) is 26.3 Å². The van der Waals surface area contributed by atoms with Crippen LogP contribution in [0, 0.1) is 5.41 Å². The van der Waals surface area contributed by atoms with E-state index in [0.717, 1.165) is 12.8 Å². The van der Waals surface area contributed by atoms with Gasteiger partial charge in [-0.25, -0.2) is 0 Å². The molecule has 0 saturated carbocycles. The molecule has 0 aliphatic carbocycles. The molecule has 0 amide bonds. The standard InChI is InChI=1S/C10H17IO2/c1-10(2,3)9(12)13-8-6-4-5-7-11/h5,7H,4,6,8H2,1-3H3/b7-5+. The van der Waals surface area contributed by atoms with Crippen LogP contribution in [0.25, 0.3) is 0 Å². The van der Waals surface area contributed by atoms with E-state index in [1.807, 2.05) is 24.9 Å². The number of hydrogen-bond donors (Lipinski definition) is 0. The highest BCUT2D eigenvalue weighted by Crippen LogP contribution is 2.15. The van der Waals surface area contributed by atoms with Gasteiger partial charge >= 0.3 is 5.97 Å². The maximum Gasteiger partial charge on any atom is 0.311 e. The summed E-state index contributed by atoms with van der Waals surface area (Å²) < 4.78 is 7.05. The number of carbonyl (C=O) groups is 1. The molecular formula is C10H17IO2. The minimum absolute atomic E-state index is 0.119. The van der Waals surface area contributed by atoms with Crippen LogP contribution in [0.1, 0.15) is 33.6 Å². The van der Waals surface area contributed by atoms with E-state index in [0.29, 0.717) is 6.61 Å². The Morgan fingerprint density at radius 2 is 2.08 bits per heavy atom. The van der Waals surface area contributed by atoms with Gasteiger partial charge in [0.25, 0.3) is 0 Å². The zero-order valence-corrected chi connectivity index (χ0v) is 10.6. The minimum Gasteiger partial charge on any atom is -0.465 e. The van der Waals surface area contributed by atoms with Crippen molar-refractivity contribution >= 4 is 28.6 Å². The molecule has 76 valence electrons. The second kappa shape index (κ2) is 6.40. The smallest absolute Gasteiger partial charge is 0.311 e. The number of ether oxygens (including phenoxy) is 1. The summed E-state index contributed by atoms with van der Waals surface area (Å²) in [6.07, 6.45) is 3.94. The molecule has 0 atom stereocenters. The summed E-state index contributed by atoms with van der Waals surface area (Å²) in [7, 11) is 0. The molecule has 3 heteroatoms. The Kier molecular flexibility index (Phi) is 6.37. The van der Waals surface area contributed by atoms with Crippen LogP contribution < -0.4 is 0 Å². The first-order valence-electron chi connectivity index (χ1n) is 4.41. The molecule has 0 aromatic rings. The Bertz CT molecular complexity index is 180. The molecule has 0 aliphatic rings. The summed E-state index contributed by atoms with van der Waals surface area (Å²) in [5.74, 6) is -0.119. The number of hydrogen-bond acceptors (Lipinski definition) is 2. The molecule has 0 saturated heterocycles. The van der Waals surface area contributed by atoms with Crippen molar-refractivity contribution in [2.45, 2.75) is 33.6 Å². The summed E-state index contributed by atoms with van der Waals surface area (Å²) in [5.41, 5.74) is -0.376. The van der Waals surface area contributed by atoms with Gasteiger partial charge in [-0.1, -0.05) is 28.7 Å². The first-order valence-corrected chi connectivity index (χ1v) is 5.65. The Morgan fingerprint density at radius 3 is 2.54 bits per heavy atom. The van der Waals surface area contributed by atoms with Crippen LogP contribution in [-0.2, 0) is 9.53 Å². The largest absolute Gasteiger partial charge is 0.465 e. The summed E-state index contributed by atoms with van der Waals surface area (Å²) in [6.45, 7) is 6.11. The van der Waals surface area contributed by atoms with Gasteiger partial charge in [0.05, 0.1) is 12.0 Å². The van der Waals surface area contributed by atoms with E-state index < -0.39 is 0 Å². The first kappa shape index (κ1) is 12.9. The molecule has 13 heavy (non-hydrogen) atoms. The maximum absolute atomic E-state index is 11.3. The highest BCUT2D eigenvalue weighted by molar-refractivity contribution is 14.1. The van der Waals surface area contributed by atoms with E-state index >= 15 is 0 Å². The Hall–Kier alpha value is -0.0600. The van der Waals surface area contributed by atoms with Gasteiger partial charge in [-0.05, 0) is 37.7 Å². The van der Waals surface area contributed by atoms with Gasteiger partial charge in [-0.15, -0.1) is 0 Å². The summed E-state index contributed by atoms with van der Waals surface area (Å²) in [4.78, 5) is 11.3. The zero-order valence-electron chi connectivity index (χ0n) is 8.47. The van der Waals surface area contributed by atoms with Crippen LogP contribution >= 0.6 is 22.6 Å². The second-order valence-corrected chi connectivity index (χ2v) is 4.61. The van der Waals surface area contributed by atoms with Gasteiger partial charge in [0.15, 0.2) is 0 Å². The molecule has 0 aliphatic heterocycles. The lowest BCUT2D eigenvalue weighted by Crippen LogP contribution is -2.23. The van der Waals surface area contributed by atoms with Crippen molar-refractivity contribution in [2.24, 2.45) is 5.41 Å². The molecule has 0 aromatic heterocycles. The fourth-order valence-corrected chi connectivity index (χ4v) is 1.01. The van der Waals surface area contributed by atoms with Crippen molar-refractivity contribution in [2.75, 3.05) is 6.61 Å². The SMILES string of the molecule is CC(C)(C)C(=O)OCCC/C=C/I. The Labute approximate surface area is 93.9 Å². The average molecular weight is 296 g/mol. The van der Waals surface area contributed by atoms with Gasteiger partial charge < -0.3 is 4.74 Å². The minimum atomic E-state index is -0.376. The van der Waals surface area contributed by atoms with Crippen molar-refractivity contribution in [1.82, 2.24) is 0 Å². The average Bonchev–Trinajstić information content (AvgIpc) is 2.02. The molecule has 0 heterocycles. The fraction of sp³-hybridized carbons (Fsp3) is 0.700. The first-order chi connectivity index (χ1) is 5.98. The monoisotopic (exact) mass is 296 g/mol. The normalized spacial score (nSPS) is 12.0. The number of carbonyl (C=O) groups excluding carboxylic acids is 1. The van der Waals surface area contributed by atoms with Gasteiger partial charge in [0, 0.05) is 0 Å². The predicted molar refractivity (Wildman–Crippen MR) is 62.8 cm³/mol. The third-order valence-corrected chi connectivity index (χ3v) is 1.96. The molecule has 0 spiro atoms. The van der Waals surface area contributed by atoms with Crippen LogP contribution in [0.15, 0.2) is 10.2 Å². The number of allylic oxidation sites excluding steroid dienone is 1. The number of unbranched alkanes of at least 4 members (excludes halogenated alkanes) is 1. The van der Waals surface area contributed by atoms with Crippen LogP contribution in [0.3, 0.4) is 0 Å². The summed E-state index contributed by atoms with van der Waals surface area (Å²) >= 11 is 2.18. The maximum atomic E-state index is 11.3. The van der Waals surface area contributed by atoms with Crippen molar-refractivity contribution < 1.29 is 9.53 Å². The van der Waals surface area contributed by atoms with E-state index in [4.69, 9.17) is 4.74 Å². The molecule has 0 radical (unpaired) electrons. The van der Waals surface area contributed by atoms with Crippen molar-refractivity contribution in [3.63, 3.8) is 0 Å². The molecule has 2 nitrogen and oxygen atoms in total. The third kappa shape index (κ3) is 7.05. The van der Waals surface area contributed by atoms with E-state index in [1.54, 1.807) is 0 Å². The summed E-state index contributed by atoms with van der Waals surface area (Å²) in [5, 5.41) is 0. The van der Waals surface area contributed by atoms with E-state index in [1.165, 1.54) is 0 Å². The van der Waals surface area contributed by atoms with Gasteiger partial charge in [0.1, 0.15) is 0 Å². The van der Waals surface area contributed by atoms with Crippen molar-refractivity contribution in [3.05, 3.63) is 10.2 Å². The highest BCUT2D eigenvalue weighted by Gasteiger charge is 2.22. The van der Waals surface area contributed by atoms with E-state index in [9.17, 15) is 4.79 Å². The lowest BCUT2D eigenvalue weighted by Gasteiger charge is -2.16. The molecule has 0 aromatic carbocycles. The van der Waals surface area contributed by atoms with Crippen molar-refractivity contribution in [3.8, 4) is 0 Å². The van der Waals surface area contributed by atoms with Gasteiger partial charge in [-0.2, -0.15) is 0 Å². The Balaban J connectivity index is 3.49. The zero-order chi connectivity index (χ0) is 10.3. The quantitative estimate of drug-likeness (QED) is 0.452. The Morgan fingerprint density at radius 1 is 1.46 bits per heavy atom. The highest BCUT2D eigenvalue weighted by atomic mass is 127. The summed E-state index contributed by atoms with van der Waals surface area (Å²) in [6, 6.07) is 0. The second-order valence-electron chi connectivity index (χ2n) is 3.89. The number of halogens is 1. The van der Waals surface area contributed by atoms with Gasteiger partial charge in [0.2, 0.25) is 0 Å². The third-order valence-electron chi connectivity index (χ3n) is 1.45. The molecule has 0 rings (SSSR count). The predicted octanol–water partition coefficient (Wildman–Crippen LogP) is 3.30. The number of rotatable bonds is 4. The van der Waals surface area contributed by atoms with Crippen LogP contribution in [0.2, 0.25) is 0 Å². The van der Waals surface area contributed by atoms with Crippen LogP contribution in [-0.4, -0.2) is 12.6 Å². The molecule has 0 N–H and O–H groups in total. The molecule has 0 unspecified atom stereocenters. The number of esters is 1. The van der Waals surface area contributed by atoms with E-state index in [-0.39, 0.29) is 11.4 Å². The molecule has 0 fully saturated rings. The molecule has 0 bridgehead atoms. The van der Waals surface area contributed by atoms with Crippen molar-refractivity contribution in [1.29, 1.82) is 0 Å². The van der Waals surface area contributed by atoms with Gasteiger partial charge in [-0.3, -0.25) is 4.79 Å². The van der Waals surface area contributed by atoms with E-state index in [2.05, 4.69) is 28.7 Å².